The van der Waals surface area contributed by atoms with Crippen LogP contribution in [-0.2, 0) is 16.1 Å². The highest BCUT2D eigenvalue weighted by Crippen LogP contribution is 2.30. The van der Waals surface area contributed by atoms with Gasteiger partial charge in [-0.1, -0.05) is 16.8 Å². The molecule has 0 bridgehead atoms. The summed E-state index contributed by atoms with van der Waals surface area (Å²) in [5, 5.41) is 4.31. The highest BCUT2D eigenvalue weighted by molar-refractivity contribution is 6.44. The fourth-order valence-corrected chi connectivity index (χ4v) is 3.80. The van der Waals surface area contributed by atoms with Crippen LogP contribution < -0.4 is 4.74 Å². The summed E-state index contributed by atoms with van der Waals surface area (Å²) >= 11 is 6.17. The van der Waals surface area contributed by atoms with Gasteiger partial charge >= 0.3 is 0 Å². The molecule has 8 nitrogen and oxygen atoms in total. The van der Waals surface area contributed by atoms with E-state index in [0.717, 1.165) is 29.8 Å². The first-order valence-electron chi connectivity index (χ1n) is 9.31. The van der Waals surface area contributed by atoms with Gasteiger partial charge in [0.1, 0.15) is 29.1 Å². The molecule has 0 N–H and O–H groups in total. The average Bonchev–Trinajstić information content (AvgIpc) is 3.31. The van der Waals surface area contributed by atoms with Crippen LogP contribution in [0.25, 0.3) is 11.1 Å². The van der Waals surface area contributed by atoms with Crippen LogP contribution in [0.15, 0.2) is 38.6 Å². The molecule has 4 heterocycles. The van der Waals surface area contributed by atoms with Crippen molar-refractivity contribution in [3.63, 3.8) is 0 Å². The van der Waals surface area contributed by atoms with Gasteiger partial charge in [0, 0.05) is 38.6 Å². The molecule has 0 saturated carbocycles. The lowest BCUT2D eigenvalue weighted by molar-refractivity contribution is -0.113. The van der Waals surface area contributed by atoms with Gasteiger partial charge in [0.05, 0.1) is 24.4 Å². The Hall–Kier alpha value is -2.71. The minimum atomic E-state index is -0.154. The van der Waals surface area contributed by atoms with Crippen molar-refractivity contribution in [1.29, 1.82) is 0 Å². The molecule has 0 aliphatic carbocycles. The molecule has 0 radical (unpaired) electrons. The van der Waals surface area contributed by atoms with E-state index >= 15 is 0 Å². The Morgan fingerprint density at radius 2 is 2.28 bits per heavy atom. The van der Waals surface area contributed by atoms with Crippen molar-refractivity contribution >= 4 is 23.6 Å². The van der Waals surface area contributed by atoms with Gasteiger partial charge in [-0.2, -0.15) is 0 Å². The zero-order valence-electron chi connectivity index (χ0n) is 16.2. The number of aryl methyl sites for hydroxylation is 1. The number of methoxy groups -OCH3 is 1. The fourth-order valence-electron chi connectivity index (χ4n) is 3.57. The number of hydrogen-bond acceptors (Lipinski definition) is 8. The van der Waals surface area contributed by atoms with Crippen LogP contribution in [0.4, 0.5) is 0 Å². The van der Waals surface area contributed by atoms with Gasteiger partial charge in [0.2, 0.25) is 5.88 Å². The third-order valence-electron chi connectivity index (χ3n) is 4.93. The highest BCUT2D eigenvalue weighted by Gasteiger charge is 2.29. The summed E-state index contributed by atoms with van der Waals surface area (Å²) in [7, 11) is 1.62. The molecule has 0 spiro atoms. The Balaban J connectivity index is 1.49. The van der Waals surface area contributed by atoms with Crippen molar-refractivity contribution in [1.82, 2.24) is 15.0 Å². The quantitative estimate of drug-likeness (QED) is 0.715. The summed E-state index contributed by atoms with van der Waals surface area (Å²) < 4.78 is 16.6. The molecule has 1 fully saturated rings. The van der Waals surface area contributed by atoms with E-state index in [0.29, 0.717) is 30.5 Å². The number of carbonyl (C=O) groups is 1. The van der Waals surface area contributed by atoms with Gasteiger partial charge in [-0.15, -0.1) is 0 Å². The van der Waals surface area contributed by atoms with Gasteiger partial charge in [-0.3, -0.25) is 9.79 Å². The SMILES string of the molecule is COCc1noc(C)c1-c1ccnc(O[C@@H]2CCN(C3=C(Cl)C(=O)CN=C3)C2)c1. The molecule has 4 rings (SSSR count). The lowest BCUT2D eigenvalue weighted by Gasteiger charge is -2.22. The summed E-state index contributed by atoms with van der Waals surface area (Å²) in [5.41, 5.74) is 3.20. The number of pyridine rings is 1. The van der Waals surface area contributed by atoms with Crippen LogP contribution in [-0.4, -0.2) is 59.9 Å². The Kier molecular flexibility index (Phi) is 5.64. The maximum Gasteiger partial charge on any atom is 0.214 e. The number of aliphatic imine (C=N–C) groups is 1. The molecule has 152 valence electrons. The van der Waals surface area contributed by atoms with E-state index in [-0.39, 0.29) is 23.5 Å². The van der Waals surface area contributed by atoms with E-state index in [2.05, 4.69) is 15.1 Å². The predicted octanol–water partition coefficient (Wildman–Crippen LogP) is 2.75. The Bertz CT molecular complexity index is 985. The van der Waals surface area contributed by atoms with E-state index < -0.39 is 0 Å². The number of aromatic nitrogens is 2. The number of likely N-dealkylation sites (tertiary alicyclic amines) is 1. The number of ether oxygens (including phenoxy) is 2. The number of dihydropyridines is 1. The molecular formula is C20H21ClN4O4. The van der Waals surface area contributed by atoms with E-state index in [1.807, 2.05) is 24.0 Å². The third kappa shape index (κ3) is 4.04. The molecule has 0 aromatic carbocycles. The van der Waals surface area contributed by atoms with E-state index in [1.165, 1.54) is 0 Å². The molecule has 9 heteroatoms. The summed E-state index contributed by atoms with van der Waals surface area (Å²) in [6, 6.07) is 3.76. The second-order valence-electron chi connectivity index (χ2n) is 6.94. The standard InChI is InChI=1S/C20H21ClN4O4/c1-12-19(15(11-27-2)24-29-12)13-3-5-23-18(7-13)28-14-4-6-25(10-14)16-8-22-9-17(26)20(16)21/h3,5,7-8,14H,4,6,9-11H2,1-2H3/t14-/m1/s1. The molecule has 2 aromatic heterocycles. The molecule has 0 unspecified atom stereocenters. The summed E-state index contributed by atoms with van der Waals surface area (Å²) in [5.74, 6) is 1.08. The molecular weight excluding hydrogens is 396 g/mol. The van der Waals surface area contributed by atoms with E-state index in [9.17, 15) is 4.79 Å². The normalized spacial score (nSPS) is 19.3. The minimum Gasteiger partial charge on any atom is -0.472 e. The predicted molar refractivity (Wildman–Crippen MR) is 107 cm³/mol. The highest BCUT2D eigenvalue weighted by atomic mass is 35.5. The molecule has 2 aromatic rings. The van der Waals surface area contributed by atoms with E-state index in [1.54, 1.807) is 19.5 Å². The number of nitrogens with zero attached hydrogens (tertiary/aromatic N) is 4. The zero-order chi connectivity index (χ0) is 20.4. The minimum absolute atomic E-state index is 0.0674. The van der Waals surface area contributed by atoms with Crippen LogP contribution in [0.5, 0.6) is 5.88 Å². The lowest BCUT2D eigenvalue weighted by Crippen LogP contribution is -2.28. The second kappa shape index (κ2) is 8.34. The molecule has 2 aliphatic rings. The van der Waals surface area contributed by atoms with Gasteiger partial charge in [0.15, 0.2) is 5.78 Å². The van der Waals surface area contributed by atoms with E-state index in [4.69, 9.17) is 25.6 Å². The Labute approximate surface area is 173 Å². The second-order valence-corrected chi connectivity index (χ2v) is 7.32. The first-order valence-corrected chi connectivity index (χ1v) is 9.69. The van der Waals surface area contributed by atoms with Gasteiger partial charge < -0.3 is 18.9 Å². The van der Waals surface area contributed by atoms with Gasteiger partial charge in [-0.05, 0) is 18.6 Å². The molecule has 1 atom stereocenters. The lowest BCUT2D eigenvalue weighted by atomic mass is 10.1. The van der Waals surface area contributed by atoms with Crippen LogP contribution in [0.3, 0.4) is 0 Å². The van der Waals surface area contributed by atoms with Crippen molar-refractivity contribution in [2.24, 2.45) is 4.99 Å². The smallest absolute Gasteiger partial charge is 0.214 e. The average molecular weight is 417 g/mol. The fraction of sp³-hybridized carbons (Fsp3) is 0.400. The third-order valence-corrected chi connectivity index (χ3v) is 5.33. The van der Waals surface area contributed by atoms with Crippen molar-refractivity contribution in [3.8, 4) is 17.0 Å². The maximum atomic E-state index is 11.8. The number of carbonyl (C=O) groups excluding carboxylic acids is 1. The number of halogens is 1. The van der Waals surface area contributed by atoms with Crippen LogP contribution >= 0.6 is 11.6 Å². The van der Waals surface area contributed by atoms with Crippen molar-refractivity contribution in [2.75, 3.05) is 26.7 Å². The number of Topliss-reactive ketones (excluding diaryl/α,β-unsaturated/α-hetero) is 1. The van der Waals surface area contributed by atoms with Crippen molar-refractivity contribution in [2.45, 2.75) is 26.1 Å². The number of allylic oxidation sites excluding steroid dienone is 1. The molecule has 1 saturated heterocycles. The number of hydrogen-bond donors (Lipinski definition) is 0. The van der Waals surface area contributed by atoms with Crippen molar-refractivity contribution < 1.29 is 18.8 Å². The first kappa shape index (κ1) is 19.6. The largest absolute Gasteiger partial charge is 0.472 e. The van der Waals surface area contributed by atoms with Crippen LogP contribution in [0.2, 0.25) is 0 Å². The number of ketones is 1. The number of rotatable bonds is 6. The summed E-state index contributed by atoms with van der Waals surface area (Å²) in [6.07, 6.45) is 4.09. The zero-order valence-corrected chi connectivity index (χ0v) is 17.0. The molecule has 29 heavy (non-hydrogen) atoms. The summed E-state index contributed by atoms with van der Waals surface area (Å²) in [6.45, 7) is 3.68. The summed E-state index contributed by atoms with van der Waals surface area (Å²) in [4.78, 5) is 22.2. The van der Waals surface area contributed by atoms with Crippen molar-refractivity contribution in [3.05, 3.63) is 40.5 Å². The van der Waals surface area contributed by atoms with Gasteiger partial charge in [0.25, 0.3) is 0 Å². The first-order chi connectivity index (χ1) is 14.1. The van der Waals surface area contributed by atoms with Crippen LogP contribution in [0.1, 0.15) is 17.9 Å². The Morgan fingerprint density at radius 1 is 1.41 bits per heavy atom. The molecule has 2 aliphatic heterocycles. The Morgan fingerprint density at radius 3 is 3.10 bits per heavy atom. The van der Waals surface area contributed by atoms with Crippen LogP contribution in [0, 0.1) is 6.92 Å². The van der Waals surface area contributed by atoms with Gasteiger partial charge in [-0.25, -0.2) is 4.98 Å². The topological polar surface area (TPSA) is 90.1 Å². The maximum absolute atomic E-state index is 11.8. The monoisotopic (exact) mass is 416 g/mol. The molecule has 0 amide bonds.